The Morgan fingerprint density at radius 1 is 1.32 bits per heavy atom. The lowest BCUT2D eigenvalue weighted by Gasteiger charge is -2.35. The fraction of sp³-hybridized carbons (Fsp3) is 0.450. The molecule has 1 aliphatic carbocycles. The van der Waals surface area contributed by atoms with E-state index in [0.717, 1.165) is 4.31 Å². The van der Waals surface area contributed by atoms with Gasteiger partial charge in [-0.1, -0.05) is 0 Å². The summed E-state index contributed by atoms with van der Waals surface area (Å²) in [6.07, 6.45) is -2.99. The van der Waals surface area contributed by atoms with E-state index in [4.69, 9.17) is 19.7 Å². The maximum atomic E-state index is 13.7. The van der Waals surface area contributed by atoms with Crippen LogP contribution >= 0.6 is 0 Å². The van der Waals surface area contributed by atoms with Crippen LogP contribution in [0.25, 0.3) is 0 Å². The van der Waals surface area contributed by atoms with Crippen LogP contribution in [0.1, 0.15) is 13.0 Å². The number of alkyl halides is 3. The van der Waals surface area contributed by atoms with E-state index in [-0.39, 0.29) is 34.8 Å². The molecule has 2 heterocycles. The second-order valence-electron chi connectivity index (χ2n) is 8.12. The number of carbonyl (C=O) groups is 2. The van der Waals surface area contributed by atoms with Crippen molar-refractivity contribution in [3.05, 3.63) is 24.4 Å². The number of aromatic nitrogens is 2. The van der Waals surface area contributed by atoms with Gasteiger partial charge in [-0.05, 0) is 24.6 Å². The van der Waals surface area contributed by atoms with Crippen molar-refractivity contribution in [2.24, 2.45) is 5.92 Å². The Labute approximate surface area is 207 Å². The molecule has 2 aliphatic rings. The normalized spacial score (nSPS) is 20.7. The molecule has 0 bridgehead atoms. The highest BCUT2D eigenvalue weighted by Crippen LogP contribution is 2.40. The molecule has 0 spiro atoms. The first-order valence-corrected chi connectivity index (χ1v) is 12.3. The molecule has 4 N–H and O–H groups in total. The standard InChI is InChI=1S/C20H22F3N5O8S/c21-13-6-12(13)17(30)24-7-11-8-28(14-5-10(25-20(31)32)1-2-15(14)36-11)37(33,34)16-9-27(19(22)23)26-18(16)35-4-3-29/h1-2,5,9,11-13,19,25,29H,3-4,6-8H2,(H,24,30)(H,31,32)/t11-,12-,13+/m0/s1. The first-order valence-electron chi connectivity index (χ1n) is 10.9. The lowest BCUT2D eigenvalue weighted by Crippen LogP contribution is -2.48. The summed E-state index contributed by atoms with van der Waals surface area (Å²) in [4.78, 5) is 22.4. The van der Waals surface area contributed by atoms with E-state index < -0.39 is 77.3 Å². The van der Waals surface area contributed by atoms with Gasteiger partial charge < -0.3 is 25.0 Å². The van der Waals surface area contributed by atoms with E-state index in [1.54, 1.807) is 0 Å². The largest absolute Gasteiger partial charge is 0.484 e. The summed E-state index contributed by atoms with van der Waals surface area (Å²) in [5, 5.41) is 26.1. The van der Waals surface area contributed by atoms with E-state index >= 15 is 0 Å². The van der Waals surface area contributed by atoms with Crippen LogP contribution in [0.15, 0.2) is 29.3 Å². The summed E-state index contributed by atoms with van der Waals surface area (Å²) in [6.45, 7) is -4.81. The van der Waals surface area contributed by atoms with Crippen molar-refractivity contribution in [3.63, 3.8) is 0 Å². The molecule has 0 saturated heterocycles. The average molecular weight is 549 g/mol. The van der Waals surface area contributed by atoms with Crippen molar-refractivity contribution < 1.29 is 50.9 Å². The van der Waals surface area contributed by atoms with Gasteiger partial charge in [-0.3, -0.25) is 14.4 Å². The Bertz CT molecular complexity index is 1290. The van der Waals surface area contributed by atoms with Crippen LogP contribution in [0, 0.1) is 5.92 Å². The molecule has 1 aliphatic heterocycles. The minimum atomic E-state index is -4.70. The zero-order valence-electron chi connectivity index (χ0n) is 18.9. The molecular formula is C20H22F3N5O8S. The number of carboxylic acid groups (broad SMARTS) is 1. The summed E-state index contributed by atoms with van der Waals surface area (Å²) in [5.74, 6) is -2.05. The molecule has 1 aromatic carbocycles. The number of nitrogens with one attached hydrogen (secondary N) is 2. The number of aliphatic hydroxyl groups is 1. The van der Waals surface area contributed by atoms with Crippen molar-refractivity contribution in [2.45, 2.75) is 30.1 Å². The zero-order chi connectivity index (χ0) is 26.9. The third-order valence-corrected chi connectivity index (χ3v) is 7.22. The van der Waals surface area contributed by atoms with Crippen molar-refractivity contribution >= 4 is 33.4 Å². The second kappa shape index (κ2) is 10.3. The molecule has 0 unspecified atom stereocenters. The van der Waals surface area contributed by atoms with E-state index in [9.17, 15) is 31.2 Å². The molecular weight excluding hydrogens is 527 g/mol. The van der Waals surface area contributed by atoms with Crippen LogP contribution in [0.2, 0.25) is 0 Å². The number of fused-ring (bicyclic) bond motifs is 1. The molecule has 17 heteroatoms. The lowest BCUT2D eigenvalue weighted by atomic mass is 10.2. The van der Waals surface area contributed by atoms with Crippen LogP contribution in [0.3, 0.4) is 0 Å². The van der Waals surface area contributed by atoms with Gasteiger partial charge in [0, 0.05) is 5.69 Å². The number of nitrogens with zero attached hydrogens (tertiary/aromatic N) is 3. The van der Waals surface area contributed by atoms with Crippen molar-refractivity contribution in [2.75, 3.05) is 35.9 Å². The molecule has 202 valence electrons. The van der Waals surface area contributed by atoms with E-state index in [1.807, 2.05) is 0 Å². The highest BCUT2D eigenvalue weighted by molar-refractivity contribution is 7.93. The Balaban J connectivity index is 1.70. The third kappa shape index (κ3) is 5.66. The maximum Gasteiger partial charge on any atom is 0.409 e. The minimum absolute atomic E-state index is 0.00967. The monoisotopic (exact) mass is 549 g/mol. The Morgan fingerprint density at radius 2 is 2.05 bits per heavy atom. The quantitative estimate of drug-likeness (QED) is 0.339. The van der Waals surface area contributed by atoms with E-state index in [2.05, 4.69) is 15.7 Å². The minimum Gasteiger partial charge on any atom is -0.484 e. The number of carbonyl (C=O) groups excluding carboxylic acids is 1. The first-order chi connectivity index (χ1) is 17.5. The number of rotatable bonds is 10. The summed E-state index contributed by atoms with van der Waals surface area (Å²) >= 11 is 0. The van der Waals surface area contributed by atoms with Gasteiger partial charge in [-0.25, -0.2) is 22.3 Å². The number of anilines is 2. The zero-order valence-corrected chi connectivity index (χ0v) is 19.7. The van der Waals surface area contributed by atoms with Crippen LogP contribution in [-0.2, 0) is 14.8 Å². The molecule has 1 aromatic heterocycles. The Morgan fingerprint density at radius 3 is 2.68 bits per heavy atom. The van der Waals surface area contributed by atoms with Gasteiger partial charge in [0.15, 0.2) is 4.90 Å². The van der Waals surface area contributed by atoms with E-state index in [0.29, 0.717) is 6.20 Å². The number of hydrogen-bond acceptors (Lipinski definition) is 8. The average Bonchev–Trinajstić information content (AvgIpc) is 3.41. The Kier molecular flexibility index (Phi) is 7.35. The number of aliphatic hydroxyl groups excluding tert-OH is 1. The van der Waals surface area contributed by atoms with Gasteiger partial charge in [0.1, 0.15) is 24.6 Å². The molecule has 13 nitrogen and oxygen atoms in total. The van der Waals surface area contributed by atoms with Gasteiger partial charge in [-0.15, -0.1) is 5.10 Å². The van der Waals surface area contributed by atoms with Gasteiger partial charge in [0.05, 0.1) is 37.5 Å². The summed E-state index contributed by atoms with van der Waals surface area (Å²) in [7, 11) is -4.70. The highest BCUT2D eigenvalue weighted by atomic mass is 32.2. The van der Waals surface area contributed by atoms with Gasteiger partial charge in [0.25, 0.3) is 15.9 Å². The molecule has 2 aromatic rings. The number of amides is 2. The summed E-state index contributed by atoms with van der Waals surface area (Å²) in [6, 6.07) is 3.77. The molecule has 1 saturated carbocycles. The molecule has 4 rings (SSSR count). The fourth-order valence-electron chi connectivity index (χ4n) is 3.62. The van der Waals surface area contributed by atoms with Crippen molar-refractivity contribution in [3.8, 4) is 11.6 Å². The highest BCUT2D eigenvalue weighted by Gasteiger charge is 2.44. The number of benzene rings is 1. The molecule has 37 heavy (non-hydrogen) atoms. The topological polar surface area (TPSA) is 172 Å². The van der Waals surface area contributed by atoms with Crippen LogP contribution < -0.4 is 24.4 Å². The first kappa shape index (κ1) is 26.3. The fourth-order valence-corrected chi connectivity index (χ4v) is 5.19. The number of hydrogen-bond donors (Lipinski definition) is 4. The second-order valence-corrected chi connectivity index (χ2v) is 9.95. The molecule has 1 fully saturated rings. The molecule has 0 radical (unpaired) electrons. The van der Waals surface area contributed by atoms with E-state index in [1.165, 1.54) is 18.2 Å². The summed E-state index contributed by atoms with van der Waals surface area (Å²) in [5.41, 5.74) is -0.137. The van der Waals surface area contributed by atoms with Gasteiger partial charge >= 0.3 is 12.6 Å². The van der Waals surface area contributed by atoms with Crippen LogP contribution in [0.5, 0.6) is 11.6 Å². The van der Waals surface area contributed by atoms with Gasteiger partial charge in [-0.2, -0.15) is 8.78 Å². The van der Waals surface area contributed by atoms with Crippen LogP contribution in [0.4, 0.5) is 29.3 Å². The molecule has 3 atom stereocenters. The van der Waals surface area contributed by atoms with Crippen molar-refractivity contribution in [1.29, 1.82) is 0 Å². The SMILES string of the molecule is O=C(O)Nc1ccc2c(c1)N(S(=O)(=O)c1cn(C(F)F)nc1OCCO)C[C@H](CNC(=O)[C@H]1C[C@H]1F)O2. The lowest BCUT2D eigenvalue weighted by molar-refractivity contribution is -0.123. The van der Waals surface area contributed by atoms with Gasteiger partial charge in [0.2, 0.25) is 5.91 Å². The van der Waals surface area contributed by atoms with Crippen molar-refractivity contribution in [1.82, 2.24) is 15.1 Å². The number of sulfonamides is 1. The number of halogens is 3. The Hall–Kier alpha value is -3.73. The smallest absolute Gasteiger partial charge is 0.409 e. The predicted octanol–water partition coefficient (Wildman–Crippen LogP) is 1.17. The third-order valence-electron chi connectivity index (χ3n) is 5.46. The predicted molar refractivity (Wildman–Crippen MR) is 119 cm³/mol. The number of ether oxygens (including phenoxy) is 2. The summed E-state index contributed by atoms with van der Waals surface area (Å²) < 4.78 is 78.9. The molecule has 2 amide bonds. The maximum absolute atomic E-state index is 13.7. The van der Waals surface area contributed by atoms with Crippen LogP contribution in [-0.4, -0.2) is 79.0 Å².